The van der Waals surface area contributed by atoms with Gasteiger partial charge in [-0.05, 0) is 19.8 Å². The Morgan fingerprint density at radius 3 is 2.38 bits per heavy atom. The number of hydrogen-bond acceptors (Lipinski definition) is 0. The monoisotopic (exact) mass is 154 g/mol. The minimum atomic E-state index is 0.318. The van der Waals surface area contributed by atoms with Crippen LogP contribution in [0.2, 0.25) is 0 Å². The van der Waals surface area contributed by atoms with Gasteiger partial charge in [0, 0.05) is 11.3 Å². The maximum Gasteiger partial charge on any atom is 0.0307 e. The molecular weight excluding hydrogens is 143 g/mol. The average molecular weight is 155 g/mol. The molecular formula is C6H12Cl2. The molecule has 2 heteroatoms. The summed E-state index contributed by atoms with van der Waals surface area (Å²) in [5.41, 5.74) is 0. The van der Waals surface area contributed by atoms with Crippen molar-refractivity contribution < 1.29 is 0 Å². The standard InChI is InChI=1S/C6H12Cl2/c1-6(8)4-2-3-5-7/h6H,2-5H2,1H3/t6-/m0/s1. The van der Waals surface area contributed by atoms with Crippen molar-refractivity contribution in [2.24, 2.45) is 0 Å². The van der Waals surface area contributed by atoms with Crippen LogP contribution in [0.25, 0.3) is 0 Å². The Labute approximate surface area is 61.2 Å². The third-order valence-corrected chi connectivity index (χ3v) is 1.47. The van der Waals surface area contributed by atoms with E-state index in [0.717, 1.165) is 25.1 Å². The predicted octanol–water partition coefficient (Wildman–Crippen LogP) is 3.02. The summed E-state index contributed by atoms with van der Waals surface area (Å²) in [5, 5.41) is 0.318. The van der Waals surface area contributed by atoms with Crippen LogP contribution in [0.15, 0.2) is 0 Å². The maximum absolute atomic E-state index is 5.67. The van der Waals surface area contributed by atoms with Gasteiger partial charge in [-0.1, -0.05) is 6.42 Å². The molecule has 0 fully saturated rings. The Morgan fingerprint density at radius 2 is 2.00 bits per heavy atom. The van der Waals surface area contributed by atoms with Gasteiger partial charge in [0.1, 0.15) is 0 Å². The van der Waals surface area contributed by atoms with Gasteiger partial charge in [-0.3, -0.25) is 0 Å². The van der Waals surface area contributed by atoms with Crippen LogP contribution in [0.1, 0.15) is 26.2 Å². The van der Waals surface area contributed by atoms with Crippen molar-refractivity contribution in [3.05, 3.63) is 0 Å². The second kappa shape index (κ2) is 5.71. The number of alkyl halides is 2. The normalized spacial score (nSPS) is 13.9. The van der Waals surface area contributed by atoms with E-state index >= 15 is 0 Å². The lowest BCUT2D eigenvalue weighted by Gasteiger charge is -1.98. The van der Waals surface area contributed by atoms with Gasteiger partial charge in [0.15, 0.2) is 0 Å². The highest BCUT2D eigenvalue weighted by molar-refractivity contribution is 6.20. The van der Waals surface area contributed by atoms with Crippen molar-refractivity contribution in [3.63, 3.8) is 0 Å². The summed E-state index contributed by atoms with van der Waals surface area (Å²) in [6.07, 6.45) is 3.35. The van der Waals surface area contributed by atoms with Crippen molar-refractivity contribution in [3.8, 4) is 0 Å². The number of rotatable bonds is 4. The van der Waals surface area contributed by atoms with E-state index in [1.54, 1.807) is 0 Å². The van der Waals surface area contributed by atoms with Crippen molar-refractivity contribution in [1.82, 2.24) is 0 Å². The molecule has 0 N–H and O–H groups in total. The first kappa shape index (κ1) is 8.58. The van der Waals surface area contributed by atoms with E-state index in [1.807, 2.05) is 6.92 Å². The van der Waals surface area contributed by atoms with E-state index in [2.05, 4.69) is 0 Å². The van der Waals surface area contributed by atoms with Gasteiger partial charge in [-0.2, -0.15) is 0 Å². The second-order valence-electron chi connectivity index (χ2n) is 1.97. The third-order valence-electron chi connectivity index (χ3n) is 0.986. The highest BCUT2D eigenvalue weighted by Crippen LogP contribution is 2.06. The first-order chi connectivity index (χ1) is 3.77. The van der Waals surface area contributed by atoms with Gasteiger partial charge >= 0.3 is 0 Å². The topological polar surface area (TPSA) is 0 Å². The van der Waals surface area contributed by atoms with Crippen molar-refractivity contribution in [1.29, 1.82) is 0 Å². The average Bonchev–Trinajstić information content (AvgIpc) is 1.66. The summed E-state index contributed by atoms with van der Waals surface area (Å²) in [4.78, 5) is 0. The Balaban J connectivity index is 2.72. The molecule has 0 unspecified atom stereocenters. The summed E-state index contributed by atoms with van der Waals surface area (Å²) in [6, 6.07) is 0. The molecule has 0 aliphatic rings. The molecule has 0 heterocycles. The molecule has 0 aliphatic heterocycles. The molecule has 1 atom stereocenters. The lowest BCUT2D eigenvalue weighted by Crippen LogP contribution is -1.89. The Hall–Kier alpha value is 0.580. The highest BCUT2D eigenvalue weighted by atomic mass is 35.5. The lowest BCUT2D eigenvalue weighted by atomic mass is 10.2. The largest absolute Gasteiger partial charge is 0.127 e. The number of hydrogen-bond donors (Lipinski definition) is 0. The summed E-state index contributed by atoms with van der Waals surface area (Å²) >= 11 is 11.1. The lowest BCUT2D eigenvalue weighted by molar-refractivity contribution is 0.711. The molecule has 0 nitrogen and oxygen atoms in total. The smallest absolute Gasteiger partial charge is 0.0307 e. The van der Waals surface area contributed by atoms with Gasteiger partial charge in [0.05, 0.1) is 0 Å². The highest BCUT2D eigenvalue weighted by Gasteiger charge is 1.93. The molecule has 0 amide bonds. The van der Waals surface area contributed by atoms with Crippen molar-refractivity contribution in [2.45, 2.75) is 31.6 Å². The summed E-state index contributed by atoms with van der Waals surface area (Å²) in [5.74, 6) is 0.767. The van der Waals surface area contributed by atoms with E-state index in [1.165, 1.54) is 0 Å². The van der Waals surface area contributed by atoms with Gasteiger partial charge in [0.25, 0.3) is 0 Å². The van der Waals surface area contributed by atoms with Crippen LogP contribution in [0, 0.1) is 0 Å². The fourth-order valence-electron chi connectivity index (χ4n) is 0.520. The minimum Gasteiger partial charge on any atom is -0.127 e. The molecule has 0 aromatic heterocycles. The fraction of sp³-hybridized carbons (Fsp3) is 1.00. The molecule has 0 radical (unpaired) electrons. The van der Waals surface area contributed by atoms with Crippen LogP contribution in [0.5, 0.6) is 0 Å². The van der Waals surface area contributed by atoms with Crippen molar-refractivity contribution >= 4 is 23.2 Å². The number of halogens is 2. The van der Waals surface area contributed by atoms with Crippen LogP contribution in [0.4, 0.5) is 0 Å². The summed E-state index contributed by atoms with van der Waals surface area (Å²) in [6.45, 7) is 2.01. The van der Waals surface area contributed by atoms with E-state index in [4.69, 9.17) is 23.2 Å². The first-order valence-electron chi connectivity index (χ1n) is 2.97. The van der Waals surface area contributed by atoms with Gasteiger partial charge in [-0.15, -0.1) is 23.2 Å². The molecule has 0 aromatic rings. The Bertz CT molecular complexity index is 43.8. The van der Waals surface area contributed by atoms with E-state index in [9.17, 15) is 0 Å². The predicted molar refractivity (Wildman–Crippen MR) is 39.9 cm³/mol. The van der Waals surface area contributed by atoms with E-state index < -0.39 is 0 Å². The van der Waals surface area contributed by atoms with Crippen LogP contribution < -0.4 is 0 Å². The molecule has 0 aromatic carbocycles. The Morgan fingerprint density at radius 1 is 1.38 bits per heavy atom. The molecule has 0 aliphatic carbocycles. The summed E-state index contributed by atoms with van der Waals surface area (Å²) < 4.78 is 0. The minimum absolute atomic E-state index is 0.318. The zero-order valence-corrected chi connectivity index (χ0v) is 6.67. The molecule has 0 saturated heterocycles. The van der Waals surface area contributed by atoms with Gasteiger partial charge < -0.3 is 0 Å². The quantitative estimate of drug-likeness (QED) is 0.432. The zero-order valence-electron chi connectivity index (χ0n) is 5.16. The zero-order chi connectivity index (χ0) is 6.41. The van der Waals surface area contributed by atoms with Gasteiger partial charge in [-0.25, -0.2) is 0 Å². The van der Waals surface area contributed by atoms with E-state index in [0.29, 0.717) is 5.38 Å². The van der Waals surface area contributed by atoms with Crippen LogP contribution in [-0.2, 0) is 0 Å². The molecule has 0 saturated carbocycles. The second-order valence-corrected chi connectivity index (χ2v) is 3.09. The number of unbranched alkanes of at least 4 members (excludes halogenated alkanes) is 1. The molecule has 0 bridgehead atoms. The maximum atomic E-state index is 5.67. The molecule has 0 spiro atoms. The van der Waals surface area contributed by atoms with E-state index in [-0.39, 0.29) is 0 Å². The molecule has 50 valence electrons. The van der Waals surface area contributed by atoms with Crippen molar-refractivity contribution in [2.75, 3.05) is 5.88 Å². The Kier molecular flexibility index (Phi) is 6.13. The third kappa shape index (κ3) is 6.58. The van der Waals surface area contributed by atoms with Crippen LogP contribution >= 0.6 is 23.2 Å². The summed E-state index contributed by atoms with van der Waals surface area (Å²) in [7, 11) is 0. The van der Waals surface area contributed by atoms with Gasteiger partial charge in [0.2, 0.25) is 0 Å². The molecule has 0 rings (SSSR count). The van der Waals surface area contributed by atoms with Crippen LogP contribution in [0.3, 0.4) is 0 Å². The van der Waals surface area contributed by atoms with Crippen LogP contribution in [-0.4, -0.2) is 11.3 Å². The molecule has 8 heavy (non-hydrogen) atoms. The SMILES string of the molecule is C[C@H](Cl)CCCCCl. The first-order valence-corrected chi connectivity index (χ1v) is 3.94. The fourth-order valence-corrected chi connectivity index (χ4v) is 0.863.